The van der Waals surface area contributed by atoms with E-state index in [2.05, 4.69) is 35.8 Å². The summed E-state index contributed by atoms with van der Waals surface area (Å²) in [6.45, 7) is 1.71. The van der Waals surface area contributed by atoms with Gasteiger partial charge in [-0.25, -0.2) is 10.1 Å². The number of hydrogen-bond donors (Lipinski definition) is 2. The first-order valence-electron chi connectivity index (χ1n) is 9.67. The molecule has 2 heterocycles. The summed E-state index contributed by atoms with van der Waals surface area (Å²) < 4.78 is 10.9. The van der Waals surface area contributed by atoms with Crippen molar-refractivity contribution in [2.24, 2.45) is 5.10 Å². The number of aromatic nitrogens is 5. The van der Waals surface area contributed by atoms with Crippen molar-refractivity contribution in [1.82, 2.24) is 30.7 Å². The lowest BCUT2D eigenvalue weighted by Crippen LogP contribution is -2.21. The molecule has 34 heavy (non-hydrogen) atoms. The number of nitrogens with one attached hydrogen (secondary N) is 1. The van der Waals surface area contributed by atoms with E-state index in [1.165, 1.54) is 18.2 Å². The first-order chi connectivity index (χ1) is 16.4. The second kappa shape index (κ2) is 9.15. The van der Waals surface area contributed by atoms with Crippen LogP contribution in [0.25, 0.3) is 17.1 Å². The number of non-ortho nitro benzene ring substituents is 1. The van der Waals surface area contributed by atoms with Crippen LogP contribution in [-0.2, 0) is 0 Å². The van der Waals surface area contributed by atoms with Crippen LogP contribution in [0.3, 0.4) is 0 Å². The molecule has 0 bridgehead atoms. The van der Waals surface area contributed by atoms with Gasteiger partial charge in [-0.3, -0.25) is 14.9 Å². The van der Waals surface area contributed by atoms with Gasteiger partial charge >= 0.3 is 0 Å². The van der Waals surface area contributed by atoms with Crippen molar-refractivity contribution in [3.63, 3.8) is 0 Å². The van der Waals surface area contributed by atoms with E-state index in [-0.39, 0.29) is 34.3 Å². The number of hydrogen-bond acceptors (Lipinski definition) is 11. The van der Waals surface area contributed by atoms with Gasteiger partial charge in [0.25, 0.3) is 11.6 Å². The van der Waals surface area contributed by atoms with E-state index >= 15 is 0 Å². The highest BCUT2D eigenvalue weighted by Gasteiger charge is 2.26. The van der Waals surface area contributed by atoms with Gasteiger partial charge in [-0.05, 0) is 47.1 Å². The van der Waals surface area contributed by atoms with Crippen molar-refractivity contribution in [2.45, 2.75) is 6.92 Å². The third-order valence-electron chi connectivity index (χ3n) is 4.74. The third-order valence-corrected chi connectivity index (χ3v) is 4.74. The predicted octanol–water partition coefficient (Wildman–Crippen LogP) is 1.97. The average Bonchev–Trinajstić information content (AvgIpc) is 3.48. The number of nitro groups is 1. The Labute approximate surface area is 191 Å². The summed E-state index contributed by atoms with van der Waals surface area (Å²) in [5, 5.41) is 30.4. The Morgan fingerprint density at radius 3 is 2.65 bits per heavy atom. The van der Waals surface area contributed by atoms with Crippen LogP contribution in [0.15, 0.2) is 58.3 Å². The molecular formula is C20H17N9O5. The summed E-state index contributed by atoms with van der Waals surface area (Å²) in [4.78, 5) is 23.7. The highest BCUT2D eigenvalue weighted by molar-refractivity contribution is 6.02. The summed E-state index contributed by atoms with van der Waals surface area (Å²) in [5.41, 5.74) is 9.45. The molecule has 0 atom stereocenters. The standard InChI is InChI=1S/C20H17N9O5/c1-11(12-6-8-15(33-2)9-7-12)22-24-20(30)16-17(13-4-3-5-14(10-13)29(31)32)28(27-23-16)19-18(21)25-34-26-19/h3-10H,1-2H3,(H2,21,25)(H,24,30). The van der Waals surface area contributed by atoms with Gasteiger partial charge in [0.15, 0.2) is 5.69 Å². The predicted molar refractivity (Wildman–Crippen MR) is 118 cm³/mol. The maximum atomic E-state index is 13.0. The molecule has 0 saturated carbocycles. The molecule has 0 aliphatic heterocycles. The molecule has 2 aromatic carbocycles. The highest BCUT2D eigenvalue weighted by Crippen LogP contribution is 2.29. The van der Waals surface area contributed by atoms with E-state index in [4.69, 9.17) is 10.5 Å². The number of rotatable bonds is 7. The molecule has 0 aliphatic carbocycles. The monoisotopic (exact) mass is 463 g/mol. The van der Waals surface area contributed by atoms with Crippen molar-refractivity contribution in [2.75, 3.05) is 12.8 Å². The van der Waals surface area contributed by atoms with Crippen LogP contribution in [-0.4, -0.2) is 49.0 Å². The fourth-order valence-corrected chi connectivity index (χ4v) is 3.03. The number of ether oxygens (including phenoxy) is 1. The Balaban J connectivity index is 1.72. The number of anilines is 1. The summed E-state index contributed by atoms with van der Waals surface area (Å²) in [5.74, 6) is -0.182. The highest BCUT2D eigenvalue weighted by atomic mass is 16.6. The van der Waals surface area contributed by atoms with Gasteiger partial charge < -0.3 is 10.5 Å². The summed E-state index contributed by atoms with van der Waals surface area (Å²) in [7, 11) is 1.56. The van der Waals surface area contributed by atoms with Crippen molar-refractivity contribution in [3.05, 3.63) is 69.9 Å². The van der Waals surface area contributed by atoms with Gasteiger partial charge in [0.05, 0.1) is 17.7 Å². The van der Waals surface area contributed by atoms with E-state index in [9.17, 15) is 14.9 Å². The van der Waals surface area contributed by atoms with Crippen LogP contribution in [0.4, 0.5) is 11.5 Å². The number of methoxy groups -OCH3 is 1. The van der Waals surface area contributed by atoms with Gasteiger partial charge in [-0.1, -0.05) is 17.3 Å². The molecule has 0 fully saturated rings. The minimum atomic E-state index is -0.712. The molecule has 14 heteroatoms. The van der Waals surface area contributed by atoms with E-state index in [1.54, 1.807) is 44.4 Å². The van der Waals surface area contributed by atoms with Crippen molar-refractivity contribution in [3.8, 4) is 22.8 Å². The molecule has 0 unspecified atom stereocenters. The fraction of sp³-hybridized carbons (Fsp3) is 0.100. The molecule has 0 saturated heterocycles. The fourth-order valence-electron chi connectivity index (χ4n) is 3.03. The number of carbonyl (C=O) groups is 1. The van der Waals surface area contributed by atoms with Crippen LogP contribution in [0.5, 0.6) is 5.75 Å². The normalized spacial score (nSPS) is 11.3. The van der Waals surface area contributed by atoms with Crippen molar-refractivity contribution < 1.29 is 19.1 Å². The number of benzene rings is 2. The number of nitro benzene ring substituents is 1. The Hall–Kier alpha value is -5.14. The largest absolute Gasteiger partial charge is 0.497 e. The van der Waals surface area contributed by atoms with Crippen LogP contribution < -0.4 is 15.9 Å². The van der Waals surface area contributed by atoms with Crippen molar-refractivity contribution in [1.29, 1.82) is 0 Å². The number of hydrazone groups is 1. The van der Waals surface area contributed by atoms with Crippen LogP contribution in [0.2, 0.25) is 0 Å². The summed E-state index contributed by atoms with van der Waals surface area (Å²) >= 11 is 0. The maximum absolute atomic E-state index is 13.0. The number of nitrogens with zero attached hydrogens (tertiary/aromatic N) is 7. The molecule has 0 aliphatic rings. The van der Waals surface area contributed by atoms with Crippen LogP contribution in [0, 0.1) is 10.1 Å². The zero-order valence-corrected chi connectivity index (χ0v) is 17.9. The van der Waals surface area contributed by atoms with E-state index in [0.717, 1.165) is 10.2 Å². The Morgan fingerprint density at radius 2 is 2.00 bits per heavy atom. The third kappa shape index (κ3) is 4.27. The number of carbonyl (C=O) groups excluding carboxylic acids is 1. The smallest absolute Gasteiger partial charge is 0.294 e. The minimum absolute atomic E-state index is 0.0361. The van der Waals surface area contributed by atoms with Gasteiger partial charge in [0, 0.05) is 17.7 Å². The molecule has 2 aromatic heterocycles. The average molecular weight is 463 g/mol. The lowest BCUT2D eigenvalue weighted by molar-refractivity contribution is -0.384. The van der Waals surface area contributed by atoms with Gasteiger partial charge in [-0.2, -0.15) is 9.78 Å². The second-order valence-electron chi connectivity index (χ2n) is 6.85. The Bertz CT molecular complexity index is 1390. The minimum Gasteiger partial charge on any atom is -0.497 e. The molecule has 3 N–H and O–H groups in total. The Kier molecular flexibility index (Phi) is 5.94. The molecule has 0 spiro atoms. The first-order valence-corrected chi connectivity index (χ1v) is 9.67. The van der Waals surface area contributed by atoms with E-state index in [1.807, 2.05) is 0 Å². The zero-order chi connectivity index (χ0) is 24.2. The van der Waals surface area contributed by atoms with Gasteiger partial charge in [-0.15, -0.1) is 5.10 Å². The zero-order valence-electron chi connectivity index (χ0n) is 17.9. The Morgan fingerprint density at radius 1 is 1.24 bits per heavy atom. The summed E-state index contributed by atoms with van der Waals surface area (Å²) in [6.07, 6.45) is 0. The van der Waals surface area contributed by atoms with E-state index in [0.29, 0.717) is 11.5 Å². The lowest BCUT2D eigenvalue weighted by Gasteiger charge is -2.06. The first kappa shape index (κ1) is 22.1. The van der Waals surface area contributed by atoms with Crippen LogP contribution in [0.1, 0.15) is 23.0 Å². The number of nitrogens with two attached hydrogens (primary N) is 1. The molecule has 4 aromatic rings. The number of nitrogen functional groups attached to an aromatic ring is 1. The quantitative estimate of drug-likeness (QED) is 0.233. The molecule has 1 amide bonds. The molecule has 0 radical (unpaired) electrons. The molecule has 14 nitrogen and oxygen atoms in total. The maximum Gasteiger partial charge on any atom is 0.294 e. The molecule has 172 valence electrons. The molecule has 4 rings (SSSR count). The molecular weight excluding hydrogens is 446 g/mol. The lowest BCUT2D eigenvalue weighted by atomic mass is 10.1. The van der Waals surface area contributed by atoms with Gasteiger partial charge in [0.1, 0.15) is 11.4 Å². The topological polar surface area (TPSA) is 189 Å². The SMILES string of the molecule is COc1ccc(C(C)=NNC(=O)c2nnn(-c3nonc3N)c2-c2cccc([N+](=O)[O-])c2)cc1. The van der Waals surface area contributed by atoms with E-state index < -0.39 is 10.8 Å². The van der Waals surface area contributed by atoms with Gasteiger partial charge in [0.2, 0.25) is 11.6 Å². The van der Waals surface area contributed by atoms with Crippen LogP contribution >= 0.6 is 0 Å². The summed E-state index contributed by atoms with van der Waals surface area (Å²) in [6, 6.07) is 12.7. The van der Waals surface area contributed by atoms with Crippen molar-refractivity contribution >= 4 is 23.1 Å². The second-order valence-corrected chi connectivity index (χ2v) is 6.85. The number of amides is 1.